The van der Waals surface area contributed by atoms with Crippen LogP contribution >= 0.6 is 23.0 Å². The summed E-state index contributed by atoms with van der Waals surface area (Å²) in [7, 11) is -9.97. The van der Waals surface area contributed by atoms with Crippen LogP contribution in [0, 0.1) is 0 Å². The lowest BCUT2D eigenvalue weighted by Crippen LogP contribution is -2.14. The number of nitrogens with zero attached hydrogens (tertiary/aromatic N) is 3. The molecule has 9 nitrogen and oxygen atoms in total. The molecule has 1 aliphatic rings. The van der Waals surface area contributed by atoms with Gasteiger partial charge in [-0.15, -0.1) is 13.5 Å². The fourth-order valence-electron chi connectivity index (χ4n) is 2.79. The van der Waals surface area contributed by atoms with E-state index in [0.29, 0.717) is 5.75 Å². The lowest BCUT2D eigenvalue weighted by atomic mass is 10.3. The first-order valence-corrected chi connectivity index (χ1v) is 16.0. The zero-order chi connectivity index (χ0) is 24.9. The van der Waals surface area contributed by atoms with Crippen LogP contribution in [0.25, 0.3) is 0 Å². The molecule has 1 aromatic rings. The highest BCUT2D eigenvalue weighted by Crippen LogP contribution is 2.81. The number of rotatable bonds is 12. The van der Waals surface area contributed by atoms with Crippen molar-refractivity contribution in [3.05, 3.63) is 30.3 Å². The van der Waals surface area contributed by atoms with Crippen molar-refractivity contribution < 1.29 is 27.1 Å². The van der Waals surface area contributed by atoms with E-state index in [1.54, 1.807) is 0 Å². The van der Waals surface area contributed by atoms with Gasteiger partial charge in [0.05, 0.1) is 30.5 Å². The van der Waals surface area contributed by atoms with Gasteiger partial charge in [0.1, 0.15) is 5.75 Å². The van der Waals surface area contributed by atoms with Gasteiger partial charge in [-0.25, -0.2) is 0 Å². The Labute approximate surface area is 199 Å². The van der Waals surface area contributed by atoms with Crippen LogP contribution in [0.1, 0.15) is 69.2 Å². The van der Waals surface area contributed by atoms with E-state index in [9.17, 15) is 0 Å². The molecule has 1 aliphatic heterocycles. The smallest absolute Gasteiger partial charge is 0.403 e. The quantitative estimate of drug-likeness (QED) is 0.254. The molecule has 0 fully saturated rings. The first-order valence-electron chi connectivity index (χ1n) is 11.4. The van der Waals surface area contributed by atoms with Gasteiger partial charge in [-0.3, -0.25) is 4.52 Å². The Morgan fingerprint density at radius 3 is 1.15 bits per heavy atom. The van der Waals surface area contributed by atoms with Crippen molar-refractivity contribution in [2.75, 3.05) is 0 Å². The van der Waals surface area contributed by atoms with E-state index in [2.05, 4.69) is 0 Å². The Kier molecular flexibility index (Phi) is 10.4. The van der Waals surface area contributed by atoms with Crippen molar-refractivity contribution in [2.24, 2.45) is 13.5 Å². The van der Waals surface area contributed by atoms with Gasteiger partial charge in [-0.1, -0.05) is 18.2 Å². The highest BCUT2D eigenvalue weighted by atomic mass is 31.3. The summed E-state index contributed by atoms with van der Waals surface area (Å²) in [4.78, 5) is 0. The predicted molar refractivity (Wildman–Crippen MR) is 136 cm³/mol. The minimum absolute atomic E-state index is 0.222. The molecule has 12 heteroatoms. The summed E-state index contributed by atoms with van der Waals surface area (Å²) in [6.45, 7) is 19.1. The zero-order valence-corrected chi connectivity index (χ0v) is 24.1. The number of hydrogen-bond acceptors (Lipinski definition) is 9. The van der Waals surface area contributed by atoms with Gasteiger partial charge in [0, 0.05) is 0 Å². The fraction of sp³-hybridized carbons (Fsp3) is 0.714. The van der Waals surface area contributed by atoms with E-state index < -0.39 is 23.0 Å². The molecule has 0 aliphatic carbocycles. The van der Waals surface area contributed by atoms with Crippen LogP contribution in [0.2, 0.25) is 0 Å². The highest BCUT2D eigenvalue weighted by Gasteiger charge is 2.46. The van der Waals surface area contributed by atoms with E-state index in [-0.39, 0.29) is 30.5 Å². The first-order chi connectivity index (χ1) is 15.3. The SMILES string of the molecule is CC(C)OP1(Oc2ccccc2)=NP(OC(C)C)(OC(C)C)=NP(OC(C)C)(OC(C)C)=N1. The van der Waals surface area contributed by atoms with Crippen molar-refractivity contribution in [2.45, 2.75) is 99.8 Å². The molecule has 0 spiro atoms. The lowest BCUT2D eigenvalue weighted by molar-refractivity contribution is 0.157. The molecule has 0 radical (unpaired) electrons. The van der Waals surface area contributed by atoms with E-state index in [1.165, 1.54) is 0 Å². The van der Waals surface area contributed by atoms with E-state index >= 15 is 0 Å². The Morgan fingerprint density at radius 2 is 0.788 bits per heavy atom. The molecule has 0 saturated heterocycles. The molecule has 0 amide bonds. The maximum atomic E-state index is 6.42. The Balaban J connectivity index is 2.93. The van der Waals surface area contributed by atoms with Crippen molar-refractivity contribution >= 4 is 23.0 Å². The van der Waals surface area contributed by atoms with Crippen LogP contribution in [0.4, 0.5) is 0 Å². The van der Waals surface area contributed by atoms with Crippen LogP contribution in [0.5, 0.6) is 5.75 Å². The molecule has 0 bridgehead atoms. The van der Waals surface area contributed by atoms with E-state index in [1.807, 2.05) is 99.6 Å². The first kappa shape index (κ1) is 28.7. The number of benzene rings is 1. The molecule has 190 valence electrons. The number of para-hydroxylation sites is 1. The monoisotopic (exact) mass is 523 g/mol. The Hall–Kier alpha value is -0.490. The molecule has 1 atom stereocenters. The van der Waals surface area contributed by atoms with Crippen LogP contribution < -0.4 is 4.52 Å². The van der Waals surface area contributed by atoms with Crippen molar-refractivity contribution in [3.8, 4) is 5.75 Å². The average molecular weight is 523 g/mol. The van der Waals surface area contributed by atoms with Gasteiger partial charge in [0.25, 0.3) is 0 Å². The molecule has 33 heavy (non-hydrogen) atoms. The molecular formula is C21H40N3O6P3. The maximum absolute atomic E-state index is 6.42. The minimum atomic E-state index is -3.38. The third kappa shape index (κ3) is 8.91. The Morgan fingerprint density at radius 1 is 0.485 bits per heavy atom. The van der Waals surface area contributed by atoms with Gasteiger partial charge in [0.15, 0.2) is 0 Å². The lowest BCUT2D eigenvalue weighted by Gasteiger charge is -2.36. The van der Waals surface area contributed by atoms with Crippen molar-refractivity contribution in [1.82, 2.24) is 0 Å². The molecular weight excluding hydrogens is 483 g/mol. The molecule has 0 saturated carbocycles. The third-order valence-electron chi connectivity index (χ3n) is 3.39. The second-order valence-electron chi connectivity index (χ2n) is 8.92. The maximum Gasteiger partial charge on any atom is 0.403 e. The zero-order valence-electron chi connectivity index (χ0n) is 21.4. The second-order valence-corrected chi connectivity index (χ2v) is 15.2. The van der Waals surface area contributed by atoms with Gasteiger partial charge in [-0.2, -0.15) is 0 Å². The molecule has 1 heterocycles. The summed E-state index contributed by atoms with van der Waals surface area (Å²) in [5, 5.41) is 0. The standard InChI is InChI=1S/C21H40N3O6P3/c1-16(2)25-31(26-17(3)4)22-32(27-18(5)6,28-19(7)8)24-33(23-31,29-20(9)10)30-21-14-12-11-13-15-21/h11-20H,1-10H3. The topological polar surface area (TPSA) is 92.5 Å². The van der Waals surface area contributed by atoms with Crippen LogP contribution in [-0.4, -0.2) is 30.5 Å². The highest BCUT2D eigenvalue weighted by molar-refractivity contribution is 7.78. The van der Waals surface area contributed by atoms with Gasteiger partial charge >= 0.3 is 23.0 Å². The second kappa shape index (κ2) is 12.0. The van der Waals surface area contributed by atoms with Gasteiger partial charge < -0.3 is 22.6 Å². The summed E-state index contributed by atoms with van der Waals surface area (Å²) in [5.41, 5.74) is 0. The average Bonchev–Trinajstić information content (AvgIpc) is 2.57. The van der Waals surface area contributed by atoms with Gasteiger partial charge in [-0.05, 0) is 81.4 Å². The van der Waals surface area contributed by atoms with E-state index in [0.717, 1.165) is 0 Å². The molecule has 0 aromatic heterocycles. The number of hydrogen-bond donors (Lipinski definition) is 0. The third-order valence-corrected chi connectivity index (χ3v) is 12.7. The summed E-state index contributed by atoms with van der Waals surface area (Å²) in [6, 6.07) is 9.34. The van der Waals surface area contributed by atoms with Gasteiger partial charge in [0.2, 0.25) is 0 Å². The molecule has 1 aromatic carbocycles. The minimum Gasteiger partial charge on any atom is -0.422 e. The van der Waals surface area contributed by atoms with Crippen LogP contribution in [0.3, 0.4) is 0 Å². The summed E-state index contributed by atoms with van der Waals surface area (Å²) < 4.78 is 52.8. The fourth-order valence-corrected chi connectivity index (χ4v) is 12.9. The van der Waals surface area contributed by atoms with Crippen LogP contribution in [0.15, 0.2) is 43.9 Å². The van der Waals surface area contributed by atoms with Crippen molar-refractivity contribution in [3.63, 3.8) is 0 Å². The molecule has 2 rings (SSSR count). The summed E-state index contributed by atoms with van der Waals surface area (Å²) in [5.74, 6) is 0.570. The normalized spacial score (nSPS) is 21.9. The summed E-state index contributed by atoms with van der Waals surface area (Å²) >= 11 is 0. The Bertz CT molecular complexity index is 881. The predicted octanol–water partition coefficient (Wildman–Crippen LogP) is 9.04. The van der Waals surface area contributed by atoms with Crippen LogP contribution in [-0.2, 0) is 22.6 Å². The van der Waals surface area contributed by atoms with Crippen molar-refractivity contribution in [1.29, 1.82) is 0 Å². The molecule has 1 unspecified atom stereocenters. The largest absolute Gasteiger partial charge is 0.422 e. The summed E-state index contributed by atoms with van der Waals surface area (Å²) in [6.07, 6.45) is -1.13. The molecule has 0 N–H and O–H groups in total. The van der Waals surface area contributed by atoms with E-state index in [4.69, 9.17) is 40.7 Å².